The van der Waals surface area contributed by atoms with Gasteiger partial charge in [0.1, 0.15) is 4.32 Å². The lowest BCUT2D eigenvalue weighted by atomic mass is 10.1. The van der Waals surface area contributed by atoms with Gasteiger partial charge in [0.05, 0.1) is 0 Å². The Balaban J connectivity index is 2.44. The molecular weight excluding hydrogens is 150 g/mol. The van der Waals surface area contributed by atoms with E-state index < -0.39 is 0 Å². The van der Waals surface area contributed by atoms with Gasteiger partial charge in [0.2, 0.25) is 0 Å². The van der Waals surface area contributed by atoms with E-state index in [1.54, 1.807) is 11.8 Å². The van der Waals surface area contributed by atoms with Crippen LogP contribution in [-0.2, 0) is 0 Å². The molecule has 9 heavy (non-hydrogen) atoms. The first-order valence-corrected chi connectivity index (χ1v) is 4.43. The molecule has 0 radical (unpaired) electrons. The van der Waals surface area contributed by atoms with Crippen LogP contribution in [0.4, 0.5) is 0 Å². The van der Waals surface area contributed by atoms with Gasteiger partial charge < -0.3 is 5.32 Å². The van der Waals surface area contributed by atoms with Crippen LogP contribution in [0.15, 0.2) is 0 Å². The Morgan fingerprint density at radius 3 is 2.78 bits per heavy atom. The van der Waals surface area contributed by atoms with Gasteiger partial charge in [-0.15, -0.1) is 0 Å². The van der Waals surface area contributed by atoms with E-state index in [4.69, 9.17) is 12.2 Å². The highest BCUT2D eigenvalue weighted by molar-refractivity contribution is 8.23. The van der Waals surface area contributed by atoms with Gasteiger partial charge >= 0.3 is 0 Å². The molecule has 1 nitrogen and oxygen atoms in total. The molecule has 52 valence electrons. The van der Waals surface area contributed by atoms with E-state index >= 15 is 0 Å². The molecule has 0 amide bonds. The predicted molar refractivity (Wildman–Crippen MR) is 46.8 cm³/mol. The van der Waals surface area contributed by atoms with Crippen LogP contribution in [0.2, 0.25) is 0 Å². The van der Waals surface area contributed by atoms with Crippen molar-refractivity contribution in [3.63, 3.8) is 0 Å². The molecule has 0 aromatic carbocycles. The second-order valence-corrected chi connectivity index (χ2v) is 4.52. The zero-order chi connectivity index (χ0) is 6.85. The van der Waals surface area contributed by atoms with Crippen LogP contribution in [0.3, 0.4) is 0 Å². The fraction of sp³-hybridized carbons (Fsp3) is 0.833. The van der Waals surface area contributed by atoms with Crippen molar-refractivity contribution in [1.29, 1.82) is 0 Å². The largest absolute Gasteiger partial charge is 0.371 e. The Hall–Kier alpha value is 0.240. The number of nitrogens with one attached hydrogen (secondary N) is 1. The third kappa shape index (κ3) is 1.83. The summed E-state index contributed by atoms with van der Waals surface area (Å²) in [5.41, 5.74) is 0. The average Bonchev–Trinajstić information content (AvgIpc) is 1.80. The molecule has 0 aromatic heterocycles. The van der Waals surface area contributed by atoms with Crippen molar-refractivity contribution in [3.8, 4) is 0 Å². The van der Waals surface area contributed by atoms with E-state index in [1.165, 1.54) is 0 Å². The van der Waals surface area contributed by atoms with Gasteiger partial charge in [-0.2, -0.15) is 0 Å². The van der Waals surface area contributed by atoms with Crippen molar-refractivity contribution in [3.05, 3.63) is 0 Å². The Labute approximate surface area is 65.6 Å². The van der Waals surface area contributed by atoms with Crippen LogP contribution in [-0.4, -0.2) is 16.1 Å². The lowest BCUT2D eigenvalue weighted by molar-refractivity contribution is 0.558. The molecule has 3 heteroatoms. The average molecular weight is 161 g/mol. The molecule has 1 rings (SSSR count). The molecule has 1 fully saturated rings. The van der Waals surface area contributed by atoms with E-state index in [0.717, 1.165) is 16.8 Å². The molecular formula is C6H11NS2. The van der Waals surface area contributed by atoms with Gasteiger partial charge in [0, 0.05) is 11.8 Å². The smallest absolute Gasteiger partial charge is 0.134 e. The molecule has 1 aliphatic heterocycles. The maximum absolute atomic E-state index is 4.99. The topological polar surface area (TPSA) is 12.0 Å². The summed E-state index contributed by atoms with van der Waals surface area (Å²) in [5.74, 6) is 0.752. The van der Waals surface area contributed by atoms with Crippen molar-refractivity contribution in [2.24, 2.45) is 5.92 Å². The standard InChI is InChI=1S/C6H11NS2/c1-4-3-7-6(8)9-5(4)2/h4-5H,3H2,1-2H3,(H,7,8). The molecule has 1 saturated heterocycles. The molecule has 0 saturated carbocycles. The monoisotopic (exact) mass is 161 g/mol. The van der Waals surface area contributed by atoms with Crippen molar-refractivity contribution in [1.82, 2.24) is 5.32 Å². The third-order valence-electron chi connectivity index (χ3n) is 1.66. The third-order valence-corrected chi connectivity index (χ3v) is 3.29. The lowest BCUT2D eigenvalue weighted by Crippen LogP contribution is -2.35. The van der Waals surface area contributed by atoms with Crippen LogP contribution in [0.1, 0.15) is 13.8 Å². The molecule has 0 aromatic rings. The first-order valence-electron chi connectivity index (χ1n) is 3.14. The van der Waals surface area contributed by atoms with Crippen molar-refractivity contribution < 1.29 is 0 Å². The zero-order valence-corrected chi connectivity index (χ0v) is 7.31. The zero-order valence-electron chi connectivity index (χ0n) is 5.68. The molecule has 1 aliphatic rings. The SMILES string of the molecule is CC1CNC(=S)SC1C. The molecule has 1 heterocycles. The van der Waals surface area contributed by atoms with E-state index in [0.29, 0.717) is 5.25 Å². The van der Waals surface area contributed by atoms with Gasteiger partial charge in [-0.25, -0.2) is 0 Å². The van der Waals surface area contributed by atoms with Crippen molar-refractivity contribution in [2.45, 2.75) is 19.1 Å². The van der Waals surface area contributed by atoms with Crippen molar-refractivity contribution >= 4 is 28.3 Å². The number of hydrogen-bond acceptors (Lipinski definition) is 2. The van der Waals surface area contributed by atoms with Crippen LogP contribution < -0.4 is 5.32 Å². The van der Waals surface area contributed by atoms with Gasteiger partial charge in [-0.05, 0) is 5.92 Å². The van der Waals surface area contributed by atoms with Crippen LogP contribution in [0, 0.1) is 5.92 Å². The minimum Gasteiger partial charge on any atom is -0.371 e. The lowest BCUT2D eigenvalue weighted by Gasteiger charge is -2.26. The number of thioether (sulfide) groups is 1. The molecule has 0 spiro atoms. The fourth-order valence-electron chi connectivity index (χ4n) is 0.737. The summed E-state index contributed by atoms with van der Waals surface area (Å²) in [7, 11) is 0. The summed E-state index contributed by atoms with van der Waals surface area (Å²) in [6.07, 6.45) is 0. The molecule has 0 bridgehead atoms. The summed E-state index contributed by atoms with van der Waals surface area (Å²) in [6, 6.07) is 0. The van der Waals surface area contributed by atoms with Crippen LogP contribution in [0.25, 0.3) is 0 Å². The second kappa shape index (κ2) is 2.88. The summed E-state index contributed by atoms with van der Waals surface area (Å²) in [6.45, 7) is 5.52. The molecule has 1 N–H and O–H groups in total. The van der Waals surface area contributed by atoms with Gasteiger partial charge in [-0.3, -0.25) is 0 Å². The molecule has 2 unspecified atom stereocenters. The van der Waals surface area contributed by atoms with E-state index in [9.17, 15) is 0 Å². The Morgan fingerprint density at radius 1 is 1.67 bits per heavy atom. The first kappa shape index (κ1) is 7.35. The van der Waals surface area contributed by atoms with Crippen molar-refractivity contribution in [2.75, 3.05) is 6.54 Å². The summed E-state index contributed by atoms with van der Waals surface area (Å²) in [5, 5.41) is 3.85. The normalized spacial score (nSPS) is 36.0. The molecule has 2 atom stereocenters. The van der Waals surface area contributed by atoms with Crippen LogP contribution in [0.5, 0.6) is 0 Å². The number of rotatable bonds is 0. The summed E-state index contributed by atoms with van der Waals surface area (Å²) >= 11 is 6.76. The maximum atomic E-state index is 4.99. The summed E-state index contributed by atoms with van der Waals surface area (Å²) < 4.78 is 0.959. The maximum Gasteiger partial charge on any atom is 0.134 e. The van der Waals surface area contributed by atoms with Gasteiger partial charge in [0.15, 0.2) is 0 Å². The van der Waals surface area contributed by atoms with E-state index in [1.807, 2.05) is 0 Å². The second-order valence-electron chi connectivity index (χ2n) is 2.47. The van der Waals surface area contributed by atoms with E-state index in [2.05, 4.69) is 19.2 Å². The fourth-order valence-corrected chi connectivity index (χ4v) is 2.11. The van der Waals surface area contributed by atoms with Gasteiger partial charge in [-0.1, -0.05) is 37.8 Å². The predicted octanol–water partition coefficient (Wildman–Crippen LogP) is 1.63. The first-order chi connectivity index (χ1) is 4.20. The Kier molecular flexibility index (Phi) is 2.35. The Bertz CT molecular complexity index is 124. The van der Waals surface area contributed by atoms with E-state index in [-0.39, 0.29) is 0 Å². The highest BCUT2D eigenvalue weighted by atomic mass is 32.2. The minimum absolute atomic E-state index is 0.693. The highest BCUT2D eigenvalue weighted by Gasteiger charge is 2.19. The number of hydrogen-bond donors (Lipinski definition) is 1. The minimum atomic E-state index is 0.693. The summed E-state index contributed by atoms with van der Waals surface area (Å²) in [4.78, 5) is 0. The number of thiocarbonyl (C=S) groups is 1. The molecule has 0 aliphatic carbocycles. The van der Waals surface area contributed by atoms with Gasteiger partial charge in [0.25, 0.3) is 0 Å². The Morgan fingerprint density at radius 2 is 2.33 bits per heavy atom. The highest BCUT2D eigenvalue weighted by Crippen LogP contribution is 2.23. The van der Waals surface area contributed by atoms with Crippen LogP contribution >= 0.6 is 24.0 Å². The quantitative estimate of drug-likeness (QED) is 0.542.